The maximum absolute atomic E-state index is 6.13. The van der Waals surface area contributed by atoms with E-state index in [1.807, 2.05) is 66.7 Å². The highest BCUT2D eigenvalue weighted by Gasteiger charge is 2.21. The summed E-state index contributed by atoms with van der Waals surface area (Å²) in [5.74, 6) is 3.43. The van der Waals surface area contributed by atoms with Gasteiger partial charge in [-0.15, -0.1) is 0 Å². The number of hydrogen-bond acceptors (Lipinski definition) is 4. The molecule has 3 N–H and O–H groups in total. The second-order valence-electron chi connectivity index (χ2n) is 6.97. The lowest BCUT2D eigenvalue weighted by molar-refractivity contribution is 0.262. The first-order chi connectivity index (χ1) is 14.7. The molecule has 0 aliphatic carbocycles. The molecular formula is C24H25N3O3. The number of methoxy groups -OCH3 is 1. The lowest BCUT2D eigenvalue weighted by atomic mass is 10.0. The van der Waals surface area contributed by atoms with Crippen LogP contribution in [-0.4, -0.2) is 19.7 Å². The quantitative estimate of drug-likeness (QED) is 0.471. The van der Waals surface area contributed by atoms with E-state index in [0.29, 0.717) is 30.6 Å². The van der Waals surface area contributed by atoms with Crippen molar-refractivity contribution in [3.63, 3.8) is 0 Å². The number of rotatable bonds is 6. The van der Waals surface area contributed by atoms with E-state index in [9.17, 15) is 0 Å². The Morgan fingerprint density at radius 3 is 2.57 bits per heavy atom. The number of benzene rings is 3. The molecule has 0 saturated heterocycles. The van der Waals surface area contributed by atoms with Crippen LogP contribution in [0.4, 0.5) is 0 Å². The molecule has 4 rings (SSSR count). The van der Waals surface area contributed by atoms with Gasteiger partial charge in [0.15, 0.2) is 17.5 Å². The van der Waals surface area contributed by atoms with Gasteiger partial charge < -0.3 is 25.3 Å². The van der Waals surface area contributed by atoms with Gasteiger partial charge >= 0.3 is 0 Å². The van der Waals surface area contributed by atoms with Crippen LogP contribution in [-0.2, 0) is 6.54 Å². The Balaban J connectivity index is 1.36. The lowest BCUT2D eigenvalue weighted by Crippen LogP contribution is -2.37. The first kappa shape index (κ1) is 19.6. The van der Waals surface area contributed by atoms with E-state index in [0.717, 1.165) is 29.0 Å². The van der Waals surface area contributed by atoms with Crippen molar-refractivity contribution in [3.05, 3.63) is 83.9 Å². The van der Waals surface area contributed by atoms with Gasteiger partial charge in [0.05, 0.1) is 26.3 Å². The summed E-state index contributed by atoms with van der Waals surface area (Å²) in [6.07, 6.45) is 0.849. The molecule has 0 spiro atoms. The topological polar surface area (TPSA) is 78.1 Å². The normalized spacial score (nSPS) is 15.6. The predicted octanol–water partition coefficient (Wildman–Crippen LogP) is 4.42. The zero-order valence-electron chi connectivity index (χ0n) is 16.9. The van der Waals surface area contributed by atoms with Crippen LogP contribution in [0.1, 0.15) is 23.6 Å². The third-order valence-corrected chi connectivity index (χ3v) is 4.93. The van der Waals surface area contributed by atoms with Crippen LogP contribution in [0, 0.1) is 0 Å². The average molecular weight is 403 g/mol. The molecule has 1 atom stereocenters. The Kier molecular flexibility index (Phi) is 6.03. The smallest absolute Gasteiger partial charge is 0.189 e. The largest absolute Gasteiger partial charge is 0.493 e. The van der Waals surface area contributed by atoms with Crippen LogP contribution in [0.2, 0.25) is 0 Å². The zero-order chi connectivity index (χ0) is 20.8. The van der Waals surface area contributed by atoms with E-state index in [-0.39, 0.29) is 6.04 Å². The highest BCUT2D eigenvalue weighted by Crippen LogP contribution is 2.32. The van der Waals surface area contributed by atoms with Crippen molar-refractivity contribution >= 4 is 5.96 Å². The van der Waals surface area contributed by atoms with Crippen LogP contribution in [0.3, 0.4) is 0 Å². The molecule has 0 radical (unpaired) electrons. The fraction of sp³-hybridized carbons (Fsp3) is 0.208. The zero-order valence-corrected chi connectivity index (χ0v) is 16.9. The van der Waals surface area contributed by atoms with Crippen LogP contribution in [0.5, 0.6) is 23.0 Å². The number of guanidine groups is 1. The van der Waals surface area contributed by atoms with Crippen molar-refractivity contribution in [1.29, 1.82) is 0 Å². The van der Waals surface area contributed by atoms with E-state index >= 15 is 0 Å². The molecule has 0 bridgehead atoms. The van der Waals surface area contributed by atoms with Gasteiger partial charge in [0, 0.05) is 12.0 Å². The number of aliphatic imine (C=N–C) groups is 1. The Morgan fingerprint density at radius 2 is 1.77 bits per heavy atom. The molecule has 0 aromatic heterocycles. The first-order valence-corrected chi connectivity index (χ1v) is 9.91. The van der Waals surface area contributed by atoms with Gasteiger partial charge in [0.2, 0.25) is 0 Å². The third kappa shape index (κ3) is 4.66. The maximum atomic E-state index is 6.13. The van der Waals surface area contributed by atoms with Gasteiger partial charge in [-0.05, 0) is 35.9 Å². The van der Waals surface area contributed by atoms with Crippen molar-refractivity contribution in [2.24, 2.45) is 10.7 Å². The Morgan fingerprint density at radius 1 is 1.03 bits per heavy atom. The predicted molar refractivity (Wildman–Crippen MR) is 117 cm³/mol. The molecule has 3 aromatic rings. The number of fused-ring (bicyclic) bond motifs is 1. The fourth-order valence-electron chi connectivity index (χ4n) is 3.39. The minimum Gasteiger partial charge on any atom is -0.493 e. The number of nitrogens with two attached hydrogens (primary N) is 1. The minimum atomic E-state index is 0.107. The summed E-state index contributed by atoms with van der Waals surface area (Å²) in [5.41, 5.74) is 8.29. The molecule has 0 fully saturated rings. The van der Waals surface area contributed by atoms with Gasteiger partial charge in [-0.1, -0.05) is 42.5 Å². The molecule has 3 aromatic carbocycles. The molecule has 6 nitrogen and oxygen atoms in total. The molecule has 1 aliphatic rings. The van der Waals surface area contributed by atoms with E-state index < -0.39 is 0 Å². The molecule has 154 valence electrons. The monoisotopic (exact) mass is 403 g/mol. The van der Waals surface area contributed by atoms with Gasteiger partial charge in [-0.3, -0.25) is 0 Å². The number of nitrogens with one attached hydrogen (secondary N) is 1. The molecule has 0 amide bonds. The Bertz CT molecular complexity index is 1020. The van der Waals surface area contributed by atoms with E-state index in [1.165, 1.54) is 0 Å². The molecule has 6 heteroatoms. The van der Waals surface area contributed by atoms with Crippen molar-refractivity contribution in [2.75, 3.05) is 13.7 Å². The number of hydrogen-bond donors (Lipinski definition) is 2. The average Bonchev–Trinajstić information content (AvgIpc) is 2.79. The second kappa shape index (κ2) is 9.22. The van der Waals surface area contributed by atoms with Crippen LogP contribution < -0.4 is 25.3 Å². The number of nitrogens with zero attached hydrogens (tertiary/aromatic N) is 1. The summed E-state index contributed by atoms with van der Waals surface area (Å²) in [7, 11) is 1.63. The highest BCUT2D eigenvalue weighted by atomic mass is 16.5. The van der Waals surface area contributed by atoms with E-state index in [4.69, 9.17) is 19.9 Å². The summed E-state index contributed by atoms with van der Waals surface area (Å²) in [4.78, 5) is 4.48. The van der Waals surface area contributed by atoms with E-state index in [2.05, 4.69) is 16.4 Å². The summed E-state index contributed by atoms with van der Waals surface area (Å²) in [6, 6.07) is 23.5. The lowest BCUT2D eigenvalue weighted by Gasteiger charge is -2.26. The van der Waals surface area contributed by atoms with E-state index in [1.54, 1.807) is 7.11 Å². The first-order valence-electron chi connectivity index (χ1n) is 9.91. The van der Waals surface area contributed by atoms with Gasteiger partial charge in [0.25, 0.3) is 0 Å². The van der Waals surface area contributed by atoms with Gasteiger partial charge in [-0.2, -0.15) is 0 Å². The minimum absolute atomic E-state index is 0.107. The van der Waals surface area contributed by atoms with Crippen molar-refractivity contribution in [3.8, 4) is 23.0 Å². The highest BCUT2D eigenvalue weighted by molar-refractivity contribution is 5.78. The van der Waals surface area contributed by atoms with Crippen molar-refractivity contribution in [1.82, 2.24) is 5.32 Å². The summed E-state index contributed by atoms with van der Waals surface area (Å²) in [6.45, 7) is 1.15. The van der Waals surface area contributed by atoms with Gasteiger partial charge in [-0.25, -0.2) is 4.99 Å². The maximum Gasteiger partial charge on any atom is 0.189 e. The fourth-order valence-corrected chi connectivity index (χ4v) is 3.39. The molecule has 1 aliphatic heterocycles. The molecular weight excluding hydrogens is 378 g/mol. The van der Waals surface area contributed by atoms with Crippen molar-refractivity contribution in [2.45, 2.75) is 19.0 Å². The summed E-state index contributed by atoms with van der Waals surface area (Å²) in [5, 5.41) is 3.31. The van der Waals surface area contributed by atoms with Crippen LogP contribution >= 0.6 is 0 Å². The molecule has 30 heavy (non-hydrogen) atoms. The Hall–Kier alpha value is -3.67. The van der Waals surface area contributed by atoms with Crippen LogP contribution in [0.25, 0.3) is 0 Å². The second-order valence-corrected chi connectivity index (χ2v) is 6.97. The number of para-hydroxylation sites is 3. The molecule has 1 heterocycles. The van der Waals surface area contributed by atoms with Gasteiger partial charge in [0.1, 0.15) is 11.5 Å². The summed E-state index contributed by atoms with van der Waals surface area (Å²) < 4.78 is 16.9. The summed E-state index contributed by atoms with van der Waals surface area (Å²) >= 11 is 0. The standard InChI is InChI=1S/C24H25N3O3/c1-28-22-8-4-5-9-23(22)30-18-12-10-17(11-13-18)16-26-24(25)27-20-14-15-29-21-7-3-2-6-19(20)21/h2-13,20H,14-16H2,1H3,(H3,25,26,27). The number of ether oxygens (including phenoxy) is 3. The third-order valence-electron chi connectivity index (χ3n) is 4.93. The Labute approximate surface area is 176 Å². The van der Waals surface area contributed by atoms with Crippen molar-refractivity contribution < 1.29 is 14.2 Å². The molecule has 0 saturated carbocycles. The molecule has 1 unspecified atom stereocenters. The van der Waals surface area contributed by atoms with Crippen LogP contribution in [0.15, 0.2) is 77.8 Å². The SMILES string of the molecule is COc1ccccc1Oc1ccc(CN=C(N)NC2CCOc3ccccc32)cc1.